The van der Waals surface area contributed by atoms with Crippen LogP contribution in [0.3, 0.4) is 0 Å². The topological polar surface area (TPSA) is 93.5 Å². The summed E-state index contributed by atoms with van der Waals surface area (Å²) in [6, 6.07) is 4.17. The van der Waals surface area contributed by atoms with E-state index in [1.54, 1.807) is 19.1 Å². The van der Waals surface area contributed by atoms with E-state index in [4.69, 9.17) is 4.74 Å². The van der Waals surface area contributed by atoms with Gasteiger partial charge >= 0.3 is 0 Å². The Hall–Kier alpha value is -1.70. The van der Waals surface area contributed by atoms with E-state index >= 15 is 0 Å². The minimum absolute atomic E-state index is 0. The van der Waals surface area contributed by atoms with Crippen molar-refractivity contribution in [1.29, 1.82) is 0 Å². The number of morpholine rings is 1. The van der Waals surface area contributed by atoms with E-state index in [1.165, 1.54) is 6.07 Å². The lowest BCUT2D eigenvalue weighted by Crippen LogP contribution is -2.53. The van der Waals surface area contributed by atoms with Gasteiger partial charge in [0.15, 0.2) is 0 Å². The predicted molar refractivity (Wildman–Crippen MR) is 80.9 cm³/mol. The molecule has 1 amide bonds. The molecule has 0 spiro atoms. The van der Waals surface area contributed by atoms with E-state index in [0.717, 1.165) is 0 Å². The number of halogens is 1. The van der Waals surface area contributed by atoms with Crippen LogP contribution in [0.2, 0.25) is 0 Å². The molecule has 1 heterocycles. The van der Waals surface area contributed by atoms with E-state index in [0.29, 0.717) is 24.4 Å². The molecular formula is C13H18ClN3O4. The molecule has 0 bridgehead atoms. The van der Waals surface area contributed by atoms with Crippen LogP contribution in [-0.4, -0.2) is 36.1 Å². The molecule has 2 N–H and O–H groups in total. The molecule has 0 unspecified atom stereocenters. The Kier molecular flexibility index (Phi) is 6.07. The summed E-state index contributed by atoms with van der Waals surface area (Å²) in [6.45, 7) is 4.65. The van der Waals surface area contributed by atoms with Crippen LogP contribution in [0, 0.1) is 17.0 Å². The van der Waals surface area contributed by atoms with Crippen molar-refractivity contribution in [1.82, 2.24) is 5.32 Å². The Labute approximate surface area is 128 Å². The molecule has 2 atom stereocenters. The van der Waals surface area contributed by atoms with Gasteiger partial charge in [0, 0.05) is 23.9 Å². The van der Waals surface area contributed by atoms with Gasteiger partial charge in [0.05, 0.1) is 17.6 Å². The molecule has 0 radical (unpaired) electrons. The summed E-state index contributed by atoms with van der Waals surface area (Å²) in [5.41, 5.74) is 0.955. The van der Waals surface area contributed by atoms with Gasteiger partial charge in [0.1, 0.15) is 6.04 Å². The van der Waals surface area contributed by atoms with Gasteiger partial charge in [-0.25, -0.2) is 0 Å². The Morgan fingerprint density at radius 3 is 2.86 bits per heavy atom. The van der Waals surface area contributed by atoms with Crippen molar-refractivity contribution in [2.24, 2.45) is 0 Å². The molecule has 0 aliphatic carbocycles. The number of hydrogen-bond donors (Lipinski definition) is 2. The van der Waals surface area contributed by atoms with Gasteiger partial charge in [-0.1, -0.05) is 6.07 Å². The summed E-state index contributed by atoms with van der Waals surface area (Å²) in [6.07, 6.45) is -0.232. The first-order valence-corrected chi connectivity index (χ1v) is 6.40. The molecule has 1 aromatic rings. The van der Waals surface area contributed by atoms with Crippen molar-refractivity contribution >= 4 is 29.7 Å². The number of ether oxygens (including phenoxy) is 1. The fraction of sp³-hybridized carbons (Fsp3) is 0.462. The third kappa shape index (κ3) is 4.13. The van der Waals surface area contributed by atoms with Gasteiger partial charge < -0.3 is 15.4 Å². The third-order valence-electron chi connectivity index (χ3n) is 3.27. The molecule has 7 nitrogen and oxygen atoms in total. The Bertz CT molecular complexity index is 538. The molecule has 116 valence electrons. The number of aryl methyl sites for hydroxylation is 1. The highest BCUT2D eigenvalue weighted by atomic mass is 35.5. The Morgan fingerprint density at radius 1 is 1.52 bits per heavy atom. The number of rotatable bonds is 3. The SMILES string of the molecule is Cc1ccc(NC(=O)[C@H]2NCCO[C@@H]2C)cc1[N+](=O)[O-].Cl. The molecule has 8 heteroatoms. The minimum Gasteiger partial charge on any atom is -0.375 e. The van der Waals surface area contributed by atoms with Crippen molar-refractivity contribution in [2.75, 3.05) is 18.5 Å². The molecule has 0 aromatic heterocycles. The first-order valence-electron chi connectivity index (χ1n) is 6.40. The normalized spacial score (nSPS) is 21.2. The molecule has 2 rings (SSSR count). The second-order valence-corrected chi connectivity index (χ2v) is 4.76. The van der Waals surface area contributed by atoms with Crippen LogP contribution in [0.1, 0.15) is 12.5 Å². The molecule has 1 fully saturated rings. The number of amides is 1. The van der Waals surface area contributed by atoms with E-state index < -0.39 is 11.0 Å². The minimum atomic E-state index is -0.463. The zero-order valence-corrected chi connectivity index (χ0v) is 12.6. The number of nitrogens with one attached hydrogen (secondary N) is 2. The van der Waals surface area contributed by atoms with Gasteiger partial charge in [-0.3, -0.25) is 14.9 Å². The highest BCUT2D eigenvalue weighted by molar-refractivity contribution is 5.95. The maximum atomic E-state index is 12.1. The van der Waals surface area contributed by atoms with E-state index in [9.17, 15) is 14.9 Å². The van der Waals surface area contributed by atoms with Gasteiger partial charge in [-0.2, -0.15) is 0 Å². The first-order chi connectivity index (χ1) is 9.49. The summed E-state index contributed by atoms with van der Waals surface area (Å²) < 4.78 is 5.40. The summed E-state index contributed by atoms with van der Waals surface area (Å²) in [5.74, 6) is -0.254. The number of benzene rings is 1. The Balaban J connectivity index is 0.00000220. The largest absolute Gasteiger partial charge is 0.375 e. The van der Waals surface area contributed by atoms with Crippen LogP contribution < -0.4 is 10.6 Å². The van der Waals surface area contributed by atoms with Gasteiger partial charge in [-0.15, -0.1) is 12.4 Å². The monoisotopic (exact) mass is 315 g/mol. The van der Waals surface area contributed by atoms with Gasteiger partial charge in [-0.05, 0) is 19.9 Å². The lowest BCUT2D eigenvalue weighted by atomic mass is 10.1. The lowest BCUT2D eigenvalue weighted by Gasteiger charge is -2.29. The standard InChI is InChI=1S/C13H17N3O4.ClH/c1-8-3-4-10(7-11(8)16(18)19)15-13(17)12-9(2)20-6-5-14-12;/h3-4,7,9,12,14H,5-6H2,1-2H3,(H,15,17);1H/t9-,12+;/m1./s1. The zero-order valence-electron chi connectivity index (χ0n) is 11.8. The van der Waals surface area contributed by atoms with Crippen LogP contribution in [0.15, 0.2) is 18.2 Å². The van der Waals surface area contributed by atoms with Gasteiger partial charge in [0.25, 0.3) is 5.69 Å². The molecule has 21 heavy (non-hydrogen) atoms. The van der Waals surface area contributed by atoms with Gasteiger partial charge in [0.2, 0.25) is 5.91 Å². The fourth-order valence-corrected chi connectivity index (χ4v) is 2.13. The lowest BCUT2D eigenvalue weighted by molar-refractivity contribution is -0.385. The highest BCUT2D eigenvalue weighted by Crippen LogP contribution is 2.22. The first kappa shape index (κ1) is 17.4. The number of anilines is 1. The van der Waals surface area contributed by atoms with Crippen molar-refractivity contribution in [2.45, 2.75) is 26.0 Å². The van der Waals surface area contributed by atoms with E-state index in [1.807, 2.05) is 6.92 Å². The maximum Gasteiger partial charge on any atom is 0.274 e. The smallest absolute Gasteiger partial charge is 0.274 e. The number of nitro groups is 1. The number of carbonyl (C=O) groups excluding carboxylic acids is 1. The summed E-state index contributed by atoms with van der Waals surface area (Å²) in [7, 11) is 0. The van der Waals surface area contributed by atoms with E-state index in [-0.39, 0.29) is 30.1 Å². The molecule has 1 aliphatic rings. The number of carbonyl (C=O) groups is 1. The molecule has 0 saturated carbocycles. The molecule has 1 aromatic carbocycles. The van der Waals surface area contributed by atoms with Crippen LogP contribution in [0.4, 0.5) is 11.4 Å². The van der Waals surface area contributed by atoms with Crippen LogP contribution in [0.5, 0.6) is 0 Å². The number of nitrogens with zero attached hydrogens (tertiary/aromatic N) is 1. The highest BCUT2D eigenvalue weighted by Gasteiger charge is 2.28. The molecule has 1 aliphatic heterocycles. The van der Waals surface area contributed by atoms with Crippen molar-refractivity contribution in [3.63, 3.8) is 0 Å². The third-order valence-corrected chi connectivity index (χ3v) is 3.27. The Morgan fingerprint density at radius 2 is 2.24 bits per heavy atom. The predicted octanol–water partition coefficient (Wildman–Crippen LogP) is 1.64. The number of hydrogen-bond acceptors (Lipinski definition) is 5. The average Bonchev–Trinajstić information content (AvgIpc) is 2.41. The van der Waals surface area contributed by atoms with Crippen molar-refractivity contribution in [3.05, 3.63) is 33.9 Å². The quantitative estimate of drug-likeness (QED) is 0.653. The number of nitro benzene ring substituents is 1. The van der Waals surface area contributed by atoms with Crippen LogP contribution in [0.25, 0.3) is 0 Å². The van der Waals surface area contributed by atoms with E-state index in [2.05, 4.69) is 10.6 Å². The second-order valence-electron chi connectivity index (χ2n) is 4.76. The maximum absolute atomic E-state index is 12.1. The van der Waals surface area contributed by atoms with Crippen LogP contribution in [-0.2, 0) is 9.53 Å². The summed E-state index contributed by atoms with van der Waals surface area (Å²) in [5, 5.41) is 16.6. The van der Waals surface area contributed by atoms with Crippen LogP contribution >= 0.6 is 12.4 Å². The summed E-state index contributed by atoms with van der Waals surface area (Å²) >= 11 is 0. The fourth-order valence-electron chi connectivity index (χ4n) is 2.13. The summed E-state index contributed by atoms with van der Waals surface area (Å²) in [4.78, 5) is 22.5. The second kappa shape index (κ2) is 7.35. The zero-order chi connectivity index (χ0) is 14.7. The molecule has 1 saturated heterocycles. The van der Waals surface area contributed by atoms with Crippen molar-refractivity contribution < 1.29 is 14.5 Å². The average molecular weight is 316 g/mol. The molecular weight excluding hydrogens is 298 g/mol. The van der Waals surface area contributed by atoms with Crippen molar-refractivity contribution in [3.8, 4) is 0 Å².